The molecule has 1 heterocycles. The molecule has 160 valence electrons. The number of hydrogen-bond donors (Lipinski definition) is 0. The number of benzene rings is 2. The van der Waals surface area contributed by atoms with Gasteiger partial charge in [-0.15, -0.1) is 18.3 Å². The van der Waals surface area contributed by atoms with Gasteiger partial charge in [-0.3, -0.25) is 4.79 Å². The number of aromatic nitrogens is 2. The quantitative estimate of drug-likeness (QED) is 0.341. The average Bonchev–Trinajstić information content (AvgIpc) is 2.62. The van der Waals surface area contributed by atoms with Gasteiger partial charge in [-0.2, -0.15) is 26.3 Å². The summed E-state index contributed by atoms with van der Waals surface area (Å²) in [6.07, 6.45) is -4.97. The van der Waals surface area contributed by atoms with Crippen LogP contribution in [0.1, 0.15) is 0 Å². The lowest BCUT2D eigenvalue weighted by molar-refractivity contribution is -0.274. The molecule has 0 saturated heterocycles. The van der Waals surface area contributed by atoms with Crippen molar-refractivity contribution >= 4 is 20.9 Å². The number of hydrogen-bond acceptors (Lipinski definition) is 6. The van der Waals surface area contributed by atoms with Gasteiger partial charge in [0.25, 0.3) is 11.4 Å². The molecule has 0 saturated carbocycles. The molecular weight excluding hydrogens is 446 g/mol. The highest BCUT2D eigenvalue weighted by Gasteiger charge is 2.49. The maximum Gasteiger partial charge on any atom is 0.573 e. The molecule has 0 aliphatic heterocycles. The average molecular weight is 454 g/mol. The van der Waals surface area contributed by atoms with Gasteiger partial charge < -0.3 is 8.92 Å². The summed E-state index contributed by atoms with van der Waals surface area (Å²) in [7, 11) is -6.10. The topological polar surface area (TPSA) is 87.5 Å². The molecule has 7 nitrogen and oxygen atoms in total. The first-order chi connectivity index (χ1) is 13.8. The number of ether oxygens (including phenoxy) is 1. The van der Waals surface area contributed by atoms with E-state index in [1.54, 1.807) is 0 Å². The van der Waals surface area contributed by atoms with E-state index >= 15 is 0 Å². The van der Waals surface area contributed by atoms with Crippen LogP contribution in [0.4, 0.5) is 26.3 Å². The Morgan fingerprint density at radius 3 is 1.97 bits per heavy atom. The van der Waals surface area contributed by atoms with E-state index in [2.05, 4.69) is 14.0 Å². The summed E-state index contributed by atoms with van der Waals surface area (Å²) in [5.41, 5.74) is -6.82. The Morgan fingerprint density at radius 1 is 0.867 bits per heavy atom. The summed E-state index contributed by atoms with van der Waals surface area (Å²) in [5, 5.41) is 2.96. The zero-order chi connectivity index (χ0) is 22.3. The minimum Gasteiger partial charge on any atom is -0.406 e. The van der Waals surface area contributed by atoms with E-state index in [0.717, 1.165) is 30.3 Å². The third-order valence-corrected chi connectivity index (χ3v) is 4.50. The Morgan fingerprint density at radius 2 is 1.43 bits per heavy atom. The van der Waals surface area contributed by atoms with Crippen LogP contribution < -0.4 is 14.5 Å². The van der Waals surface area contributed by atoms with E-state index in [1.807, 2.05) is 0 Å². The molecule has 0 aliphatic rings. The second-order valence-corrected chi connectivity index (χ2v) is 7.13. The molecule has 0 N–H and O–H groups in total. The Hall–Kier alpha value is -3.29. The molecule has 0 aliphatic carbocycles. The number of halogens is 6. The van der Waals surface area contributed by atoms with Crippen LogP contribution in [0.5, 0.6) is 11.6 Å². The molecule has 0 atom stereocenters. The summed E-state index contributed by atoms with van der Waals surface area (Å²) in [5.74, 6) is -1.67. The maximum absolute atomic E-state index is 12.7. The summed E-state index contributed by atoms with van der Waals surface area (Å²) in [6.45, 7) is 0. The fourth-order valence-electron chi connectivity index (χ4n) is 2.34. The molecule has 0 amide bonds. The van der Waals surface area contributed by atoms with Crippen LogP contribution in [-0.2, 0) is 10.1 Å². The van der Waals surface area contributed by atoms with Gasteiger partial charge in [0.05, 0.1) is 16.5 Å². The van der Waals surface area contributed by atoms with Gasteiger partial charge in [-0.25, -0.2) is 0 Å². The standard InChI is InChI=1S/C16H8F6N2O5S/c17-15(18,19)28-10-7-5-9(6-8-10)24-14(25)12-4-2-1-3-11(12)13(23-24)29-30(26,27)16(20,21)22/h1-8H. The molecule has 3 aromatic rings. The van der Waals surface area contributed by atoms with Gasteiger partial charge >= 0.3 is 22.0 Å². The van der Waals surface area contributed by atoms with Crippen LogP contribution in [0.15, 0.2) is 53.3 Å². The van der Waals surface area contributed by atoms with Gasteiger partial charge in [0, 0.05) is 0 Å². The van der Waals surface area contributed by atoms with Crippen molar-refractivity contribution in [2.24, 2.45) is 0 Å². The summed E-state index contributed by atoms with van der Waals surface area (Å²) in [6, 6.07) is 8.57. The number of nitrogens with zero attached hydrogens (tertiary/aromatic N) is 2. The smallest absolute Gasteiger partial charge is 0.406 e. The summed E-state index contributed by atoms with van der Waals surface area (Å²) < 4.78 is 106. The molecular formula is C16H8F6N2O5S. The van der Waals surface area contributed by atoms with Crippen LogP contribution >= 0.6 is 0 Å². The minimum atomic E-state index is -6.10. The van der Waals surface area contributed by atoms with E-state index in [4.69, 9.17) is 0 Å². The summed E-state index contributed by atoms with van der Waals surface area (Å²) in [4.78, 5) is 12.6. The van der Waals surface area contributed by atoms with Crippen molar-refractivity contribution in [2.45, 2.75) is 11.9 Å². The number of rotatable bonds is 4. The minimum absolute atomic E-state index is 0.186. The van der Waals surface area contributed by atoms with E-state index in [0.29, 0.717) is 4.68 Å². The fraction of sp³-hybridized carbons (Fsp3) is 0.125. The van der Waals surface area contributed by atoms with Gasteiger partial charge in [0.1, 0.15) is 5.75 Å². The van der Waals surface area contributed by atoms with Gasteiger partial charge in [0.15, 0.2) is 0 Å². The molecule has 0 fully saturated rings. The molecule has 14 heteroatoms. The van der Waals surface area contributed by atoms with Crippen molar-refractivity contribution in [2.75, 3.05) is 0 Å². The Bertz CT molecular complexity index is 1250. The van der Waals surface area contributed by atoms with E-state index < -0.39 is 39.2 Å². The second-order valence-electron chi connectivity index (χ2n) is 5.59. The third kappa shape index (κ3) is 4.32. The highest BCUT2D eigenvalue weighted by molar-refractivity contribution is 7.88. The third-order valence-electron chi connectivity index (χ3n) is 3.56. The van der Waals surface area contributed by atoms with Gasteiger partial charge in [0.2, 0.25) is 0 Å². The molecule has 0 unspecified atom stereocenters. The highest BCUT2D eigenvalue weighted by atomic mass is 32.2. The molecule has 3 rings (SSSR count). The zero-order valence-electron chi connectivity index (χ0n) is 14.2. The Balaban J connectivity index is 2.15. The van der Waals surface area contributed by atoms with Crippen LogP contribution in [0, 0.1) is 0 Å². The van der Waals surface area contributed by atoms with E-state index in [1.165, 1.54) is 18.2 Å². The van der Waals surface area contributed by atoms with Crippen molar-refractivity contribution in [3.8, 4) is 17.3 Å². The normalized spacial score (nSPS) is 12.7. The maximum atomic E-state index is 12.7. The molecule has 0 bridgehead atoms. The lowest BCUT2D eigenvalue weighted by Gasteiger charge is -2.13. The summed E-state index contributed by atoms with van der Waals surface area (Å²) >= 11 is 0. The van der Waals surface area contributed by atoms with Crippen LogP contribution in [0.3, 0.4) is 0 Å². The van der Waals surface area contributed by atoms with Crippen molar-refractivity contribution in [1.29, 1.82) is 0 Å². The van der Waals surface area contributed by atoms with E-state index in [9.17, 15) is 39.6 Å². The SMILES string of the molecule is O=c1c2ccccc2c(OS(=O)(=O)C(F)(F)F)nn1-c1ccc(OC(F)(F)F)cc1. The molecule has 1 aromatic heterocycles. The van der Waals surface area contributed by atoms with Crippen molar-refractivity contribution in [1.82, 2.24) is 9.78 Å². The Labute approximate surface area is 163 Å². The largest absolute Gasteiger partial charge is 0.573 e. The van der Waals surface area contributed by atoms with Crippen LogP contribution in [0.2, 0.25) is 0 Å². The first-order valence-corrected chi connectivity index (χ1v) is 9.08. The van der Waals surface area contributed by atoms with Crippen LogP contribution in [-0.4, -0.2) is 30.1 Å². The lowest BCUT2D eigenvalue weighted by atomic mass is 10.2. The van der Waals surface area contributed by atoms with Crippen LogP contribution in [0.25, 0.3) is 16.5 Å². The van der Waals surface area contributed by atoms with Crippen molar-refractivity contribution < 1.29 is 43.7 Å². The second kappa shape index (κ2) is 7.19. The first kappa shape index (κ1) is 21.4. The fourth-order valence-corrected chi connectivity index (χ4v) is 2.76. The molecule has 0 spiro atoms. The number of alkyl halides is 6. The van der Waals surface area contributed by atoms with Crippen molar-refractivity contribution in [3.63, 3.8) is 0 Å². The van der Waals surface area contributed by atoms with E-state index in [-0.39, 0.29) is 16.5 Å². The Kier molecular flexibility index (Phi) is 5.14. The lowest BCUT2D eigenvalue weighted by Crippen LogP contribution is -2.30. The molecule has 0 radical (unpaired) electrons. The zero-order valence-corrected chi connectivity index (χ0v) is 15.0. The predicted molar refractivity (Wildman–Crippen MR) is 89.6 cm³/mol. The molecule has 30 heavy (non-hydrogen) atoms. The van der Waals surface area contributed by atoms with Gasteiger partial charge in [-0.1, -0.05) is 12.1 Å². The van der Waals surface area contributed by atoms with Crippen molar-refractivity contribution in [3.05, 3.63) is 58.9 Å². The highest BCUT2D eigenvalue weighted by Crippen LogP contribution is 2.30. The monoisotopic (exact) mass is 454 g/mol. The predicted octanol–water partition coefficient (Wildman–Crippen LogP) is 3.51. The van der Waals surface area contributed by atoms with Gasteiger partial charge in [-0.05, 0) is 36.4 Å². The molecule has 2 aromatic carbocycles. The first-order valence-electron chi connectivity index (χ1n) is 7.67. The number of fused-ring (bicyclic) bond motifs is 1.